The summed E-state index contributed by atoms with van der Waals surface area (Å²) >= 11 is 0. The minimum Gasteiger partial charge on any atom is -0.0856 e. The van der Waals surface area contributed by atoms with Crippen LogP contribution >= 0.6 is 0 Å². The van der Waals surface area contributed by atoms with E-state index >= 15 is 0 Å². The van der Waals surface area contributed by atoms with E-state index in [1.165, 1.54) is 39.2 Å². The van der Waals surface area contributed by atoms with Gasteiger partial charge in [0, 0.05) is 0 Å². The number of hydrogen-bond donors (Lipinski definition) is 0. The molecule has 6 saturated carbocycles. The Bertz CT molecular complexity index is 608. The van der Waals surface area contributed by atoms with Crippen molar-refractivity contribution in [3.05, 3.63) is 0 Å². The van der Waals surface area contributed by atoms with E-state index in [-0.39, 0.29) is 0 Å². The van der Waals surface area contributed by atoms with E-state index in [1.807, 2.05) is 0 Å². The van der Waals surface area contributed by atoms with Crippen LogP contribution in [-0.2, 0) is 0 Å². The molecular weight excluding hydrogens is 358 g/mol. The van der Waals surface area contributed by atoms with Crippen LogP contribution in [0.3, 0.4) is 0 Å². The minimum atomic E-state index is 0.626. The highest BCUT2D eigenvalue weighted by Gasteiger charge is 2.62. The van der Waals surface area contributed by atoms with Crippen molar-refractivity contribution in [2.45, 2.75) is 119 Å². The van der Waals surface area contributed by atoms with Crippen molar-refractivity contribution in [2.24, 2.45) is 58.2 Å². The van der Waals surface area contributed by atoms with E-state index in [0.717, 1.165) is 65.7 Å². The fraction of sp³-hybridized carbons (Fsp3) is 1.00. The van der Waals surface area contributed by atoms with Gasteiger partial charge in [0.15, 0.2) is 0 Å². The van der Waals surface area contributed by atoms with Gasteiger partial charge >= 0.3 is 0 Å². The maximum absolute atomic E-state index is 2.71. The average Bonchev–Trinajstić information content (AvgIpc) is 2.66. The molecule has 0 saturated heterocycles. The van der Waals surface area contributed by atoms with Gasteiger partial charge in [-0.15, -0.1) is 0 Å². The van der Waals surface area contributed by atoms with Gasteiger partial charge in [0.25, 0.3) is 0 Å². The first kappa shape index (κ1) is 23.3. The number of rotatable bonds is 8. The number of fused-ring (bicyclic) bond motifs is 4. The Balaban J connectivity index is 1.44. The van der Waals surface area contributed by atoms with Crippen LogP contribution in [0.4, 0.5) is 0 Å². The fourth-order valence-electron chi connectivity index (χ4n) is 9.59. The molecule has 9 atom stereocenters. The zero-order valence-electron chi connectivity index (χ0n) is 22.0. The van der Waals surface area contributed by atoms with Crippen molar-refractivity contribution in [3.63, 3.8) is 0 Å². The summed E-state index contributed by atoms with van der Waals surface area (Å²) in [5, 5.41) is 0. The SMILES string of the molecule is CB([C@@H]1C[C@@H]2C[C@H]([C@H]1C)C2(C)C)[C@@H]1C[C@@H]2C[C@H]([C@H]1CC(C)CBCC(C)C)C2(C)C. The lowest BCUT2D eigenvalue weighted by atomic mass is 9.22. The third kappa shape index (κ3) is 3.77. The Morgan fingerprint density at radius 2 is 1.40 bits per heavy atom. The summed E-state index contributed by atoms with van der Waals surface area (Å²) in [6.07, 6.45) is 10.6. The molecule has 6 fully saturated rings. The van der Waals surface area contributed by atoms with Gasteiger partial charge in [-0.1, -0.05) is 111 Å². The van der Waals surface area contributed by atoms with Crippen molar-refractivity contribution in [1.29, 1.82) is 0 Å². The van der Waals surface area contributed by atoms with Gasteiger partial charge in [0.2, 0.25) is 0 Å². The highest BCUT2D eigenvalue weighted by molar-refractivity contribution is 6.61. The van der Waals surface area contributed by atoms with Gasteiger partial charge < -0.3 is 0 Å². The third-order valence-corrected chi connectivity index (χ3v) is 12.1. The van der Waals surface area contributed by atoms with Crippen molar-refractivity contribution in [1.82, 2.24) is 0 Å². The molecule has 0 amide bonds. The second kappa shape index (κ2) is 8.17. The van der Waals surface area contributed by atoms with Crippen molar-refractivity contribution < 1.29 is 0 Å². The summed E-state index contributed by atoms with van der Waals surface area (Å²) in [6.45, 7) is 24.0. The van der Waals surface area contributed by atoms with Crippen molar-refractivity contribution in [2.75, 3.05) is 0 Å². The molecule has 0 aliphatic heterocycles. The normalized spacial score (nSPS) is 44.1. The molecule has 6 aliphatic rings. The van der Waals surface area contributed by atoms with Crippen LogP contribution in [0.15, 0.2) is 0 Å². The van der Waals surface area contributed by atoms with Crippen LogP contribution in [0.2, 0.25) is 31.1 Å². The van der Waals surface area contributed by atoms with Crippen LogP contribution in [-0.4, -0.2) is 14.0 Å². The molecule has 0 heterocycles. The Morgan fingerprint density at radius 1 is 0.833 bits per heavy atom. The first-order valence-electron chi connectivity index (χ1n) is 13.9. The van der Waals surface area contributed by atoms with E-state index in [1.54, 1.807) is 12.8 Å². The molecule has 0 nitrogen and oxygen atoms in total. The maximum atomic E-state index is 2.71. The fourth-order valence-corrected chi connectivity index (χ4v) is 9.59. The topological polar surface area (TPSA) is 0 Å². The zero-order chi connectivity index (χ0) is 22.0. The molecule has 2 heteroatoms. The largest absolute Gasteiger partial charge is 0.143 e. The third-order valence-electron chi connectivity index (χ3n) is 12.1. The quantitative estimate of drug-likeness (QED) is 0.354. The zero-order valence-corrected chi connectivity index (χ0v) is 22.0. The second-order valence-corrected chi connectivity index (χ2v) is 14.6. The summed E-state index contributed by atoms with van der Waals surface area (Å²) in [5.74, 6) is 9.84. The Hall–Kier alpha value is 0.130. The summed E-state index contributed by atoms with van der Waals surface area (Å²) in [5.41, 5.74) is 1.26. The van der Waals surface area contributed by atoms with Gasteiger partial charge in [-0.2, -0.15) is 0 Å². The molecule has 4 bridgehead atoms. The molecule has 0 aromatic rings. The van der Waals surface area contributed by atoms with Crippen LogP contribution in [0, 0.1) is 58.2 Å². The highest BCUT2D eigenvalue weighted by Crippen LogP contribution is 2.70. The van der Waals surface area contributed by atoms with Gasteiger partial charge in [0.1, 0.15) is 14.0 Å². The first-order chi connectivity index (χ1) is 13.9. The Morgan fingerprint density at radius 3 is 1.93 bits per heavy atom. The van der Waals surface area contributed by atoms with E-state index in [9.17, 15) is 0 Å². The molecule has 0 aromatic carbocycles. The molecule has 30 heavy (non-hydrogen) atoms. The van der Waals surface area contributed by atoms with Crippen LogP contribution in [0.25, 0.3) is 0 Å². The van der Waals surface area contributed by atoms with Crippen molar-refractivity contribution >= 4 is 14.0 Å². The highest BCUT2D eigenvalue weighted by atomic mass is 14.6. The standard InChI is InChI=1S/C28H52B2/c1-17(2)15-29-16-18(3)10-22-24-12-21(28(24,7)8)14-26(22)30(9)25-13-20-11-23(19(25)4)27(20,5)6/h17-26,29H,10-16H2,1-9H3/t18?,19-,20+,21+,22-,23-,24-,25-,26-/m1/s1. The predicted molar refractivity (Wildman–Crippen MR) is 137 cm³/mol. The molecular formula is C28H52B2. The molecule has 0 radical (unpaired) electrons. The van der Waals surface area contributed by atoms with Crippen LogP contribution in [0.5, 0.6) is 0 Å². The van der Waals surface area contributed by atoms with Crippen LogP contribution in [0.1, 0.15) is 87.5 Å². The smallest absolute Gasteiger partial charge is 0.0856 e. The Kier molecular flexibility index (Phi) is 6.34. The first-order valence-corrected chi connectivity index (χ1v) is 13.9. The summed E-state index contributed by atoms with van der Waals surface area (Å²) in [6, 6.07) is 0. The predicted octanol–water partition coefficient (Wildman–Crippen LogP) is 8.19. The molecule has 0 N–H and O–H groups in total. The molecule has 170 valence electrons. The lowest BCUT2D eigenvalue weighted by Gasteiger charge is -2.66. The van der Waals surface area contributed by atoms with E-state index in [4.69, 9.17) is 0 Å². The second-order valence-electron chi connectivity index (χ2n) is 14.6. The summed E-state index contributed by atoms with van der Waals surface area (Å²) < 4.78 is 0. The lowest BCUT2D eigenvalue weighted by Crippen LogP contribution is -2.59. The molecule has 0 spiro atoms. The maximum Gasteiger partial charge on any atom is 0.143 e. The van der Waals surface area contributed by atoms with Gasteiger partial charge in [0.05, 0.1) is 0 Å². The van der Waals surface area contributed by atoms with Crippen LogP contribution < -0.4 is 0 Å². The van der Waals surface area contributed by atoms with Crippen molar-refractivity contribution in [3.8, 4) is 0 Å². The average molecular weight is 410 g/mol. The lowest BCUT2D eigenvalue weighted by molar-refractivity contribution is -0.114. The van der Waals surface area contributed by atoms with E-state index < -0.39 is 0 Å². The summed E-state index contributed by atoms with van der Waals surface area (Å²) in [4.78, 5) is 0. The monoisotopic (exact) mass is 410 g/mol. The van der Waals surface area contributed by atoms with Gasteiger partial charge in [-0.3, -0.25) is 0 Å². The number of hydrogen-bond acceptors (Lipinski definition) is 0. The summed E-state index contributed by atoms with van der Waals surface area (Å²) in [7, 11) is 1.44. The Labute approximate surface area is 190 Å². The molecule has 1 unspecified atom stereocenters. The van der Waals surface area contributed by atoms with E-state index in [2.05, 4.69) is 62.2 Å². The minimum absolute atomic E-state index is 0.626. The van der Waals surface area contributed by atoms with Gasteiger partial charge in [-0.25, -0.2) is 0 Å². The molecule has 6 aliphatic carbocycles. The molecule has 6 rings (SSSR count). The molecule has 0 aromatic heterocycles. The van der Waals surface area contributed by atoms with E-state index in [0.29, 0.717) is 10.8 Å². The van der Waals surface area contributed by atoms with Gasteiger partial charge in [-0.05, 0) is 65.6 Å².